The molecular formula is C15H19NO6. The maximum Gasteiger partial charge on any atom is 0.334 e. The van der Waals surface area contributed by atoms with Crippen molar-refractivity contribution in [1.29, 1.82) is 0 Å². The van der Waals surface area contributed by atoms with Gasteiger partial charge in [0.25, 0.3) is 0 Å². The quantitative estimate of drug-likeness (QED) is 0.734. The number of para-hydroxylation sites is 1. The molecule has 1 fully saturated rings. The topological polar surface area (TPSA) is 85.3 Å². The molecule has 1 N–H and O–H groups in total. The molecule has 7 nitrogen and oxygen atoms in total. The van der Waals surface area contributed by atoms with Crippen molar-refractivity contribution in [1.82, 2.24) is 4.90 Å². The van der Waals surface area contributed by atoms with Crippen LogP contribution in [-0.4, -0.2) is 67.5 Å². The number of carboxylic acids is 1. The number of morpholine rings is 1. The summed E-state index contributed by atoms with van der Waals surface area (Å²) in [6, 6.07) is 9.32. The van der Waals surface area contributed by atoms with E-state index >= 15 is 0 Å². The normalized spacial score (nSPS) is 18.0. The zero-order chi connectivity index (χ0) is 15.8. The lowest BCUT2D eigenvalue weighted by atomic mass is 10.2. The molecule has 120 valence electrons. The van der Waals surface area contributed by atoms with Crippen LogP contribution in [0.4, 0.5) is 0 Å². The molecule has 1 aromatic rings. The second-order valence-corrected chi connectivity index (χ2v) is 4.75. The second kappa shape index (κ2) is 8.35. The zero-order valence-corrected chi connectivity index (χ0v) is 12.1. The third-order valence-corrected chi connectivity index (χ3v) is 3.16. The fourth-order valence-electron chi connectivity index (χ4n) is 2.01. The monoisotopic (exact) mass is 309 g/mol. The highest BCUT2D eigenvalue weighted by Gasteiger charge is 2.28. The molecule has 1 heterocycles. The molecule has 1 aliphatic rings. The molecule has 1 aliphatic heterocycles. The predicted molar refractivity (Wildman–Crippen MR) is 76.7 cm³/mol. The van der Waals surface area contributed by atoms with Gasteiger partial charge in [0.05, 0.1) is 19.8 Å². The third kappa shape index (κ3) is 5.01. The van der Waals surface area contributed by atoms with Crippen molar-refractivity contribution in [2.45, 2.75) is 6.10 Å². The number of nitrogens with zero attached hydrogens (tertiary/aromatic N) is 1. The molecule has 22 heavy (non-hydrogen) atoms. The molecule has 1 atom stereocenters. The molecule has 0 radical (unpaired) electrons. The summed E-state index contributed by atoms with van der Waals surface area (Å²) in [4.78, 5) is 24.2. The summed E-state index contributed by atoms with van der Waals surface area (Å²) in [5.74, 6) is -0.557. The van der Waals surface area contributed by atoms with Crippen molar-refractivity contribution < 1.29 is 28.9 Å². The van der Waals surface area contributed by atoms with Crippen molar-refractivity contribution in [3.8, 4) is 5.75 Å². The number of aliphatic carboxylic acids is 1. The average Bonchev–Trinajstić information content (AvgIpc) is 2.55. The molecule has 7 heteroatoms. The molecule has 0 bridgehead atoms. The Morgan fingerprint density at radius 3 is 2.77 bits per heavy atom. The van der Waals surface area contributed by atoms with Gasteiger partial charge in [0, 0.05) is 6.54 Å². The van der Waals surface area contributed by atoms with E-state index in [9.17, 15) is 9.59 Å². The van der Waals surface area contributed by atoms with E-state index in [0.717, 1.165) is 5.75 Å². The van der Waals surface area contributed by atoms with Crippen LogP contribution in [0.15, 0.2) is 30.3 Å². The highest BCUT2D eigenvalue weighted by Crippen LogP contribution is 2.08. The molecule has 0 spiro atoms. The standard InChI is InChI=1S/C15H19NO6/c17-14(16-6-7-22-13(10-16)15(18)19)11-20-8-9-21-12-4-2-1-3-5-12/h1-5,13H,6-11H2,(H,18,19). The number of hydrogen-bond acceptors (Lipinski definition) is 5. The number of carbonyl (C=O) groups is 2. The van der Waals surface area contributed by atoms with Crippen LogP contribution in [0.5, 0.6) is 5.75 Å². The van der Waals surface area contributed by atoms with E-state index in [4.69, 9.17) is 19.3 Å². The van der Waals surface area contributed by atoms with E-state index in [0.29, 0.717) is 13.2 Å². The first kappa shape index (κ1) is 16.3. The molecule has 2 rings (SSSR count). The van der Waals surface area contributed by atoms with Gasteiger partial charge < -0.3 is 24.2 Å². The van der Waals surface area contributed by atoms with Crippen LogP contribution in [0, 0.1) is 0 Å². The fourth-order valence-corrected chi connectivity index (χ4v) is 2.01. The minimum absolute atomic E-state index is 0.0536. The Hall–Kier alpha value is -2.12. The van der Waals surface area contributed by atoms with Gasteiger partial charge in [-0.15, -0.1) is 0 Å². The molecule has 0 aliphatic carbocycles. The van der Waals surface area contributed by atoms with Crippen LogP contribution < -0.4 is 4.74 Å². The minimum atomic E-state index is -1.06. The van der Waals surface area contributed by atoms with Crippen molar-refractivity contribution in [2.75, 3.05) is 39.5 Å². The third-order valence-electron chi connectivity index (χ3n) is 3.16. The lowest BCUT2D eigenvalue weighted by molar-refractivity contribution is -0.160. The largest absolute Gasteiger partial charge is 0.491 e. The van der Waals surface area contributed by atoms with Crippen LogP contribution in [0.3, 0.4) is 0 Å². The Morgan fingerprint density at radius 1 is 1.27 bits per heavy atom. The minimum Gasteiger partial charge on any atom is -0.491 e. The molecule has 0 aromatic heterocycles. The highest BCUT2D eigenvalue weighted by atomic mass is 16.5. The summed E-state index contributed by atoms with van der Waals surface area (Å²) in [5.41, 5.74) is 0. The van der Waals surface area contributed by atoms with Crippen molar-refractivity contribution in [3.63, 3.8) is 0 Å². The van der Waals surface area contributed by atoms with Gasteiger partial charge in [-0.05, 0) is 12.1 Å². The first-order valence-corrected chi connectivity index (χ1v) is 7.04. The molecular weight excluding hydrogens is 290 g/mol. The van der Waals surface area contributed by atoms with Crippen molar-refractivity contribution in [2.24, 2.45) is 0 Å². The van der Waals surface area contributed by atoms with Gasteiger partial charge in [-0.25, -0.2) is 4.79 Å². The van der Waals surface area contributed by atoms with Crippen LogP contribution >= 0.6 is 0 Å². The smallest absolute Gasteiger partial charge is 0.334 e. The van der Waals surface area contributed by atoms with Gasteiger partial charge >= 0.3 is 5.97 Å². The van der Waals surface area contributed by atoms with E-state index in [1.807, 2.05) is 30.3 Å². The Morgan fingerprint density at radius 2 is 2.05 bits per heavy atom. The summed E-state index contributed by atoms with van der Waals surface area (Å²) in [6.07, 6.45) is -0.959. The van der Waals surface area contributed by atoms with E-state index < -0.39 is 12.1 Å². The maximum atomic E-state index is 11.9. The zero-order valence-electron chi connectivity index (χ0n) is 12.1. The number of amides is 1. The summed E-state index contributed by atoms with van der Waals surface area (Å²) >= 11 is 0. The molecule has 0 saturated carbocycles. The Balaban J connectivity index is 1.62. The van der Waals surface area contributed by atoms with Gasteiger partial charge in [0.1, 0.15) is 19.0 Å². The van der Waals surface area contributed by atoms with E-state index in [1.54, 1.807) is 0 Å². The second-order valence-electron chi connectivity index (χ2n) is 4.75. The van der Waals surface area contributed by atoms with Crippen LogP contribution in [0.1, 0.15) is 0 Å². The van der Waals surface area contributed by atoms with E-state index in [2.05, 4.69) is 0 Å². The van der Waals surface area contributed by atoms with Gasteiger partial charge in [-0.2, -0.15) is 0 Å². The summed E-state index contributed by atoms with van der Waals surface area (Å²) in [5, 5.41) is 8.88. The summed E-state index contributed by atoms with van der Waals surface area (Å²) in [6.45, 7) is 1.19. The predicted octanol–water partition coefficient (Wildman–Crippen LogP) is 0.394. The SMILES string of the molecule is O=C(O)C1CN(C(=O)COCCOc2ccccc2)CCO1. The maximum absolute atomic E-state index is 11.9. The van der Waals surface area contributed by atoms with Gasteiger partial charge in [0.15, 0.2) is 6.10 Å². The number of carboxylic acid groups (broad SMARTS) is 1. The first-order chi connectivity index (χ1) is 10.7. The van der Waals surface area contributed by atoms with Crippen molar-refractivity contribution in [3.05, 3.63) is 30.3 Å². The van der Waals surface area contributed by atoms with Gasteiger partial charge in [-0.3, -0.25) is 4.79 Å². The number of carbonyl (C=O) groups excluding carboxylic acids is 1. The summed E-state index contributed by atoms with van der Waals surface area (Å²) in [7, 11) is 0. The number of hydrogen-bond donors (Lipinski definition) is 1. The average molecular weight is 309 g/mol. The molecule has 1 amide bonds. The fraction of sp³-hybridized carbons (Fsp3) is 0.467. The molecule has 1 unspecified atom stereocenters. The van der Waals surface area contributed by atoms with Crippen molar-refractivity contribution >= 4 is 11.9 Å². The molecule has 1 aromatic carbocycles. The lowest BCUT2D eigenvalue weighted by Crippen LogP contribution is -2.49. The van der Waals surface area contributed by atoms with Gasteiger partial charge in [0.2, 0.25) is 5.91 Å². The van der Waals surface area contributed by atoms with Crippen LogP contribution in [-0.2, 0) is 19.1 Å². The van der Waals surface area contributed by atoms with Crippen LogP contribution in [0.2, 0.25) is 0 Å². The number of ether oxygens (including phenoxy) is 3. The molecule has 1 saturated heterocycles. The van der Waals surface area contributed by atoms with E-state index in [1.165, 1.54) is 4.90 Å². The van der Waals surface area contributed by atoms with Gasteiger partial charge in [-0.1, -0.05) is 18.2 Å². The Bertz CT molecular complexity index is 492. The Labute approximate surface area is 128 Å². The highest BCUT2D eigenvalue weighted by molar-refractivity contribution is 5.79. The Kier molecular flexibility index (Phi) is 6.17. The lowest BCUT2D eigenvalue weighted by Gasteiger charge is -2.30. The number of benzene rings is 1. The number of rotatable bonds is 7. The first-order valence-electron chi connectivity index (χ1n) is 7.04. The summed E-state index contributed by atoms with van der Waals surface area (Å²) < 4.78 is 15.8. The van der Waals surface area contributed by atoms with E-state index in [-0.39, 0.29) is 32.3 Å². The van der Waals surface area contributed by atoms with Crippen LogP contribution in [0.25, 0.3) is 0 Å².